The fraction of sp³-hybridized carbons (Fsp3) is 0.889. The number of hydrogen-bond donors (Lipinski definition) is 1. The number of nitrogens with two attached hydrogens (primary N) is 1. The molecule has 78 valence electrons. The van der Waals surface area contributed by atoms with Gasteiger partial charge in [0.1, 0.15) is 5.54 Å². The molecule has 0 saturated carbocycles. The lowest BCUT2D eigenvalue weighted by molar-refractivity contribution is -0.147. The van der Waals surface area contributed by atoms with E-state index in [0.29, 0.717) is 6.54 Å². The second-order valence-electron chi connectivity index (χ2n) is 3.65. The predicted octanol–water partition coefficient (Wildman–Crippen LogP) is 0.219. The van der Waals surface area contributed by atoms with Gasteiger partial charge in [-0.1, -0.05) is 6.92 Å². The molecule has 0 spiro atoms. The summed E-state index contributed by atoms with van der Waals surface area (Å²) in [5.41, 5.74) is 4.88. The van der Waals surface area contributed by atoms with Gasteiger partial charge in [-0.3, -0.25) is 4.79 Å². The van der Waals surface area contributed by atoms with Crippen LogP contribution in [0, 0.1) is 0 Å². The maximum Gasteiger partial charge on any atom is 0.326 e. The summed E-state index contributed by atoms with van der Waals surface area (Å²) in [7, 11) is 3.30. The van der Waals surface area contributed by atoms with Crippen LogP contribution in [-0.2, 0) is 9.53 Å². The SMILES string of the molecule is CCCN(C)CC(C)(N)C(=O)OC. The molecule has 0 aliphatic heterocycles. The van der Waals surface area contributed by atoms with Crippen molar-refractivity contribution in [1.82, 2.24) is 4.90 Å². The maximum absolute atomic E-state index is 11.2. The van der Waals surface area contributed by atoms with Gasteiger partial charge in [0.05, 0.1) is 7.11 Å². The topological polar surface area (TPSA) is 55.6 Å². The van der Waals surface area contributed by atoms with E-state index in [1.54, 1.807) is 6.92 Å². The summed E-state index contributed by atoms with van der Waals surface area (Å²) >= 11 is 0. The highest BCUT2D eigenvalue weighted by Gasteiger charge is 2.30. The van der Waals surface area contributed by atoms with E-state index in [0.717, 1.165) is 13.0 Å². The quantitative estimate of drug-likeness (QED) is 0.627. The number of methoxy groups -OCH3 is 1. The molecular weight excluding hydrogens is 168 g/mol. The van der Waals surface area contributed by atoms with Crippen LogP contribution < -0.4 is 5.73 Å². The molecule has 13 heavy (non-hydrogen) atoms. The average molecular weight is 188 g/mol. The first kappa shape index (κ1) is 12.4. The third-order valence-electron chi connectivity index (χ3n) is 1.86. The number of nitrogens with zero attached hydrogens (tertiary/aromatic N) is 1. The number of ether oxygens (including phenoxy) is 1. The van der Waals surface area contributed by atoms with Crippen LogP contribution in [0.5, 0.6) is 0 Å². The van der Waals surface area contributed by atoms with Gasteiger partial charge in [-0.05, 0) is 26.9 Å². The first-order chi connectivity index (χ1) is 5.94. The number of carbonyl (C=O) groups excluding carboxylic acids is 1. The lowest BCUT2D eigenvalue weighted by atomic mass is 10.0. The molecule has 0 fully saturated rings. The lowest BCUT2D eigenvalue weighted by Crippen LogP contribution is -2.53. The summed E-state index contributed by atoms with van der Waals surface area (Å²) in [5, 5.41) is 0. The van der Waals surface area contributed by atoms with Crippen molar-refractivity contribution in [3.8, 4) is 0 Å². The molecule has 1 unspecified atom stereocenters. The van der Waals surface area contributed by atoms with Gasteiger partial charge in [0, 0.05) is 6.54 Å². The van der Waals surface area contributed by atoms with Crippen molar-refractivity contribution in [2.45, 2.75) is 25.8 Å². The lowest BCUT2D eigenvalue weighted by Gasteiger charge is -2.27. The zero-order chi connectivity index (χ0) is 10.5. The summed E-state index contributed by atoms with van der Waals surface area (Å²) in [6.45, 7) is 5.23. The van der Waals surface area contributed by atoms with E-state index in [9.17, 15) is 4.79 Å². The van der Waals surface area contributed by atoms with E-state index in [4.69, 9.17) is 5.73 Å². The number of rotatable bonds is 5. The van der Waals surface area contributed by atoms with Crippen LogP contribution in [0.1, 0.15) is 20.3 Å². The monoisotopic (exact) mass is 188 g/mol. The van der Waals surface area contributed by atoms with Crippen LogP contribution in [0.25, 0.3) is 0 Å². The Hall–Kier alpha value is -0.610. The van der Waals surface area contributed by atoms with E-state index >= 15 is 0 Å². The highest BCUT2D eigenvalue weighted by molar-refractivity contribution is 5.80. The Kier molecular flexibility index (Phi) is 4.95. The van der Waals surface area contributed by atoms with Crippen LogP contribution >= 0.6 is 0 Å². The number of esters is 1. The summed E-state index contributed by atoms with van der Waals surface area (Å²) in [4.78, 5) is 13.2. The van der Waals surface area contributed by atoms with Crippen molar-refractivity contribution < 1.29 is 9.53 Å². The van der Waals surface area contributed by atoms with Crippen LogP contribution in [0.3, 0.4) is 0 Å². The minimum Gasteiger partial charge on any atom is -0.468 e. The highest BCUT2D eigenvalue weighted by Crippen LogP contribution is 2.04. The van der Waals surface area contributed by atoms with Gasteiger partial charge in [0.25, 0.3) is 0 Å². The van der Waals surface area contributed by atoms with Crippen LogP contribution in [0.2, 0.25) is 0 Å². The fourth-order valence-electron chi connectivity index (χ4n) is 1.32. The summed E-state index contributed by atoms with van der Waals surface area (Å²) in [6, 6.07) is 0. The van der Waals surface area contributed by atoms with E-state index < -0.39 is 5.54 Å². The van der Waals surface area contributed by atoms with E-state index in [1.165, 1.54) is 7.11 Å². The molecule has 4 heteroatoms. The molecule has 4 nitrogen and oxygen atoms in total. The third kappa shape index (κ3) is 4.24. The molecule has 0 saturated heterocycles. The van der Waals surface area contributed by atoms with Crippen molar-refractivity contribution >= 4 is 5.97 Å². The van der Waals surface area contributed by atoms with Crippen molar-refractivity contribution in [2.24, 2.45) is 5.73 Å². The molecule has 0 heterocycles. The first-order valence-electron chi connectivity index (χ1n) is 4.50. The zero-order valence-corrected chi connectivity index (χ0v) is 8.96. The van der Waals surface area contributed by atoms with Gasteiger partial charge in [0.2, 0.25) is 0 Å². The summed E-state index contributed by atoms with van der Waals surface area (Å²) < 4.78 is 4.60. The summed E-state index contributed by atoms with van der Waals surface area (Å²) in [6.07, 6.45) is 1.05. The molecule has 2 N–H and O–H groups in total. The molecule has 0 aliphatic carbocycles. The molecule has 0 rings (SSSR count). The van der Waals surface area contributed by atoms with E-state index in [-0.39, 0.29) is 5.97 Å². The molecule has 0 aromatic carbocycles. The fourth-order valence-corrected chi connectivity index (χ4v) is 1.32. The number of hydrogen-bond acceptors (Lipinski definition) is 4. The average Bonchev–Trinajstić information content (AvgIpc) is 2.02. The number of likely N-dealkylation sites (N-methyl/N-ethyl adjacent to an activating group) is 1. The minimum absolute atomic E-state index is 0.365. The van der Waals surface area contributed by atoms with Crippen molar-refractivity contribution in [3.63, 3.8) is 0 Å². The van der Waals surface area contributed by atoms with Gasteiger partial charge in [-0.15, -0.1) is 0 Å². The van der Waals surface area contributed by atoms with Crippen LogP contribution in [-0.4, -0.2) is 43.7 Å². The Morgan fingerprint density at radius 3 is 2.54 bits per heavy atom. The Morgan fingerprint density at radius 1 is 1.62 bits per heavy atom. The van der Waals surface area contributed by atoms with Crippen LogP contribution in [0.4, 0.5) is 0 Å². The maximum atomic E-state index is 11.2. The highest BCUT2D eigenvalue weighted by atomic mass is 16.5. The first-order valence-corrected chi connectivity index (χ1v) is 4.50. The van der Waals surface area contributed by atoms with Crippen LogP contribution in [0.15, 0.2) is 0 Å². The van der Waals surface area contributed by atoms with Gasteiger partial charge < -0.3 is 15.4 Å². The summed E-state index contributed by atoms with van der Waals surface area (Å²) in [5.74, 6) is -0.365. The standard InChI is InChI=1S/C9H20N2O2/c1-5-6-11(3)7-9(2,10)8(12)13-4/h5-7,10H2,1-4H3. The van der Waals surface area contributed by atoms with Gasteiger partial charge in [-0.2, -0.15) is 0 Å². The Bertz CT molecular complexity index is 169. The van der Waals surface area contributed by atoms with Crippen molar-refractivity contribution in [3.05, 3.63) is 0 Å². The minimum atomic E-state index is -0.904. The molecule has 0 amide bonds. The second-order valence-corrected chi connectivity index (χ2v) is 3.65. The second kappa shape index (κ2) is 5.19. The Labute approximate surface area is 80.0 Å². The molecule has 0 bridgehead atoms. The Balaban J connectivity index is 4.07. The van der Waals surface area contributed by atoms with Gasteiger partial charge >= 0.3 is 5.97 Å². The Morgan fingerprint density at radius 2 is 2.15 bits per heavy atom. The van der Waals surface area contributed by atoms with Crippen molar-refractivity contribution in [2.75, 3.05) is 27.2 Å². The zero-order valence-electron chi connectivity index (χ0n) is 8.96. The van der Waals surface area contributed by atoms with Crippen molar-refractivity contribution in [1.29, 1.82) is 0 Å². The molecule has 0 radical (unpaired) electrons. The predicted molar refractivity (Wildman–Crippen MR) is 52.4 cm³/mol. The number of carbonyl (C=O) groups is 1. The molecule has 0 aromatic heterocycles. The van der Waals surface area contributed by atoms with Gasteiger partial charge in [-0.25, -0.2) is 0 Å². The smallest absolute Gasteiger partial charge is 0.326 e. The van der Waals surface area contributed by atoms with E-state index in [2.05, 4.69) is 11.7 Å². The van der Waals surface area contributed by atoms with Gasteiger partial charge in [0.15, 0.2) is 0 Å². The van der Waals surface area contributed by atoms with E-state index in [1.807, 2.05) is 11.9 Å². The third-order valence-corrected chi connectivity index (χ3v) is 1.86. The largest absolute Gasteiger partial charge is 0.468 e. The normalized spacial score (nSPS) is 15.5. The molecular formula is C9H20N2O2. The molecule has 1 atom stereocenters. The molecule has 0 aromatic rings. The molecule has 0 aliphatic rings.